The van der Waals surface area contributed by atoms with Crippen molar-refractivity contribution in [2.75, 3.05) is 13.1 Å². The molecule has 0 saturated carbocycles. The van der Waals surface area contributed by atoms with E-state index < -0.39 is 5.97 Å². The van der Waals surface area contributed by atoms with Crippen molar-refractivity contribution in [3.8, 4) is 11.3 Å². The van der Waals surface area contributed by atoms with Crippen molar-refractivity contribution in [3.05, 3.63) is 47.9 Å². The highest BCUT2D eigenvalue weighted by Crippen LogP contribution is 2.26. The molecule has 1 aromatic carbocycles. The highest BCUT2D eigenvalue weighted by molar-refractivity contribution is 5.89. The second kappa shape index (κ2) is 8.09. The Morgan fingerprint density at radius 3 is 2.75 bits per heavy atom. The third kappa shape index (κ3) is 4.74. The first-order valence-corrected chi connectivity index (χ1v) is 9.68. The van der Waals surface area contributed by atoms with Crippen LogP contribution >= 0.6 is 0 Å². The van der Waals surface area contributed by atoms with Crippen molar-refractivity contribution in [1.29, 1.82) is 0 Å². The number of piperidine rings is 1. The van der Waals surface area contributed by atoms with Crippen LogP contribution in [0.15, 0.2) is 36.7 Å². The largest absolute Gasteiger partial charge is 0.478 e. The van der Waals surface area contributed by atoms with Crippen molar-refractivity contribution < 1.29 is 14.7 Å². The van der Waals surface area contributed by atoms with Gasteiger partial charge in [-0.1, -0.05) is 32.9 Å². The maximum Gasteiger partial charge on any atom is 0.335 e. The second-order valence-electron chi connectivity index (χ2n) is 8.50. The Morgan fingerprint density at radius 2 is 2.04 bits per heavy atom. The van der Waals surface area contributed by atoms with Gasteiger partial charge in [-0.15, -0.1) is 0 Å². The fourth-order valence-corrected chi connectivity index (χ4v) is 3.64. The van der Waals surface area contributed by atoms with Crippen LogP contribution in [0.3, 0.4) is 0 Å². The van der Waals surface area contributed by atoms with Crippen LogP contribution in [0.1, 0.15) is 49.7 Å². The highest BCUT2D eigenvalue weighted by atomic mass is 16.4. The number of carboxylic acids is 1. The van der Waals surface area contributed by atoms with E-state index in [9.17, 15) is 14.7 Å². The van der Waals surface area contributed by atoms with Crippen LogP contribution in [-0.2, 0) is 11.2 Å². The zero-order valence-electron chi connectivity index (χ0n) is 16.7. The van der Waals surface area contributed by atoms with Crippen LogP contribution in [0.2, 0.25) is 0 Å². The molecule has 1 saturated heterocycles. The number of hydrogen-bond acceptors (Lipinski definition) is 4. The summed E-state index contributed by atoms with van der Waals surface area (Å²) in [7, 11) is 0. The van der Waals surface area contributed by atoms with E-state index in [1.807, 2.05) is 31.7 Å². The number of rotatable bonds is 4. The Morgan fingerprint density at radius 1 is 1.25 bits per heavy atom. The Kier molecular flexibility index (Phi) is 5.77. The molecule has 28 heavy (non-hydrogen) atoms. The van der Waals surface area contributed by atoms with Crippen LogP contribution < -0.4 is 0 Å². The van der Waals surface area contributed by atoms with Crippen LogP contribution in [0.4, 0.5) is 0 Å². The second-order valence-corrected chi connectivity index (χ2v) is 8.50. The zero-order valence-corrected chi connectivity index (χ0v) is 16.7. The molecule has 6 heteroatoms. The maximum absolute atomic E-state index is 12.6. The quantitative estimate of drug-likeness (QED) is 0.874. The van der Waals surface area contributed by atoms with E-state index in [2.05, 4.69) is 4.98 Å². The van der Waals surface area contributed by atoms with Gasteiger partial charge < -0.3 is 10.0 Å². The molecule has 1 amide bonds. The molecule has 0 aliphatic carbocycles. The standard InChI is InChI=1S/C22H27N3O3/c1-22(2,3)21(28)25-9-5-6-15(14-25)10-18-12-23-13-19(24-18)16-7-4-8-17(11-16)20(26)27/h4,7-8,11-13,15H,5-6,9-10,14H2,1-3H3,(H,26,27)/t15-/m1/s1. The first-order chi connectivity index (χ1) is 13.2. The number of likely N-dealkylation sites (tertiary alicyclic amines) is 1. The molecule has 0 spiro atoms. The SMILES string of the molecule is CC(C)(C)C(=O)N1CCC[C@H](Cc2cncc(-c3cccc(C(=O)O)c3)n2)C1. The number of nitrogens with zero attached hydrogens (tertiary/aromatic N) is 3. The molecule has 0 unspecified atom stereocenters. The predicted octanol–water partition coefficient (Wildman–Crippen LogP) is 3.67. The third-order valence-electron chi connectivity index (χ3n) is 5.04. The minimum atomic E-state index is -0.961. The molecule has 148 valence electrons. The number of carbonyl (C=O) groups excluding carboxylic acids is 1. The Hall–Kier alpha value is -2.76. The molecule has 0 radical (unpaired) electrons. The van der Waals surface area contributed by atoms with Gasteiger partial charge in [0.05, 0.1) is 23.1 Å². The lowest BCUT2D eigenvalue weighted by Crippen LogP contribution is -2.45. The number of carbonyl (C=O) groups is 2. The molecular weight excluding hydrogens is 354 g/mol. The van der Waals surface area contributed by atoms with E-state index in [1.165, 1.54) is 0 Å². The van der Waals surface area contributed by atoms with Gasteiger partial charge in [-0.3, -0.25) is 9.78 Å². The van der Waals surface area contributed by atoms with Gasteiger partial charge in [0.15, 0.2) is 0 Å². The first kappa shape index (κ1) is 20.0. The number of aromatic carboxylic acids is 1. The summed E-state index contributed by atoms with van der Waals surface area (Å²) in [6.45, 7) is 7.44. The molecule has 2 heterocycles. The summed E-state index contributed by atoms with van der Waals surface area (Å²) in [5.74, 6) is -0.408. The smallest absolute Gasteiger partial charge is 0.335 e. The average Bonchev–Trinajstić information content (AvgIpc) is 2.67. The molecule has 2 aromatic rings. The summed E-state index contributed by atoms with van der Waals surface area (Å²) < 4.78 is 0. The molecule has 1 aromatic heterocycles. The van der Waals surface area contributed by atoms with Crippen molar-refractivity contribution in [2.24, 2.45) is 11.3 Å². The van der Waals surface area contributed by atoms with Crippen LogP contribution in [0, 0.1) is 11.3 Å². The van der Waals surface area contributed by atoms with Crippen molar-refractivity contribution in [3.63, 3.8) is 0 Å². The maximum atomic E-state index is 12.6. The summed E-state index contributed by atoms with van der Waals surface area (Å²) in [5, 5.41) is 9.19. The lowest BCUT2D eigenvalue weighted by molar-refractivity contribution is -0.141. The molecular formula is C22H27N3O3. The van der Waals surface area contributed by atoms with Gasteiger partial charge in [0.2, 0.25) is 5.91 Å². The van der Waals surface area contributed by atoms with E-state index in [1.54, 1.807) is 30.6 Å². The molecule has 0 bridgehead atoms. The summed E-state index contributed by atoms with van der Waals surface area (Å²) >= 11 is 0. The van der Waals surface area contributed by atoms with Gasteiger partial charge in [-0.05, 0) is 37.3 Å². The lowest BCUT2D eigenvalue weighted by atomic mass is 9.89. The molecule has 6 nitrogen and oxygen atoms in total. The predicted molar refractivity (Wildman–Crippen MR) is 107 cm³/mol. The van der Waals surface area contributed by atoms with E-state index in [0.717, 1.165) is 43.6 Å². The number of amides is 1. The van der Waals surface area contributed by atoms with Gasteiger partial charge in [0.25, 0.3) is 0 Å². The number of carboxylic acid groups (broad SMARTS) is 1. The van der Waals surface area contributed by atoms with Gasteiger partial charge in [-0.2, -0.15) is 0 Å². The normalized spacial score (nSPS) is 17.4. The zero-order chi connectivity index (χ0) is 20.3. The third-order valence-corrected chi connectivity index (χ3v) is 5.04. The van der Waals surface area contributed by atoms with E-state index in [-0.39, 0.29) is 16.9 Å². The van der Waals surface area contributed by atoms with E-state index >= 15 is 0 Å². The average molecular weight is 381 g/mol. The van der Waals surface area contributed by atoms with E-state index in [0.29, 0.717) is 11.6 Å². The molecule has 1 fully saturated rings. The molecule has 1 aliphatic heterocycles. The van der Waals surface area contributed by atoms with Crippen LogP contribution in [-0.4, -0.2) is 44.9 Å². The van der Waals surface area contributed by atoms with Gasteiger partial charge in [-0.25, -0.2) is 9.78 Å². The topological polar surface area (TPSA) is 83.4 Å². The van der Waals surface area contributed by atoms with Gasteiger partial charge in [0.1, 0.15) is 0 Å². The monoisotopic (exact) mass is 381 g/mol. The summed E-state index contributed by atoms with van der Waals surface area (Å²) in [6.07, 6.45) is 6.23. The van der Waals surface area contributed by atoms with Crippen molar-refractivity contribution >= 4 is 11.9 Å². The minimum absolute atomic E-state index is 0.197. The first-order valence-electron chi connectivity index (χ1n) is 9.68. The van der Waals surface area contributed by atoms with Crippen LogP contribution in [0.25, 0.3) is 11.3 Å². The Bertz CT molecular complexity index is 873. The lowest BCUT2D eigenvalue weighted by Gasteiger charge is -2.36. The fraction of sp³-hybridized carbons (Fsp3) is 0.455. The Balaban J connectivity index is 1.73. The van der Waals surface area contributed by atoms with Gasteiger partial charge >= 0.3 is 5.97 Å². The Labute approximate surface area is 165 Å². The number of benzene rings is 1. The molecule has 1 aliphatic rings. The number of aromatic nitrogens is 2. The summed E-state index contributed by atoms with van der Waals surface area (Å²) in [6, 6.07) is 6.72. The molecule has 1 atom stereocenters. The summed E-state index contributed by atoms with van der Waals surface area (Å²) in [4.78, 5) is 34.8. The fourth-order valence-electron chi connectivity index (χ4n) is 3.64. The van der Waals surface area contributed by atoms with E-state index in [4.69, 9.17) is 4.98 Å². The molecule has 3 rings (SSSR count). The summed E-state index contributed by atoms with van der Waals surface area (Å²) in [5.41, 5.74) is 2.14. The highest BCUT2D eigenvalue weighted by Gasteiger charge is 2.31. The number of hydrogen-bond donors (Lipinski definition) is 1. The van der Waals surface area contributed by atoms with Gasteiger partial charge in [0, 0.05) is 30.3 Å². The molecule has 1 N–H and O–H groups in total. The van der Waals surface area contributed by atoms with Crippen LogP contribution in [0.5, 0.6) is 0 Å². The minimum Gasteiger partial charge on any atom is -0.478 e. The van der Waals surface area contributed by atoms with Crippen molar-refractivity contribution in [1.82, 2.24) is 14.9 Å². The van der Waals surface area contributed by atoms with Crippen molar-refractivity contribution in [2.45, 2.75) is 40.0 Å².